The highest BCUT2D eigenvalue weighted by molar-refractivity contribution is 7.98. The van der Waals surface area contributed by atoms with Crippen LogP contribution in [0.4, 0.5) is 5.69 Å². The predicted octanol–water partition coefficient (Wildman–Crippen LogP) is 2.77. The summed E-state index contributed by atoms with van der Waals surface area (Å²) in [6.45, 7) is 8.49. The molecule has 0 saturated carbocycles. The molecule has 0 radical (unpaired) electrons. The number of hydrogen-bond donors (Lipinski definition) is 1. The first-order chi connectivity index (χ1) is 8.44. The van der Waals surface area contributed by atoms with Gasteiger partial charge in [0.1, 0.15) is 0 Å². The summed E-state index contributed by atoms with van der Waals surface area (Å²) in [4.78, 5) is 6.52. The Kier molecular flexibility index (Phi) is 5.96. The van der Waals surface area contributed by atoms with Crippen molar-refractivity contribution < 1.29 is 0 Å². The summed E-state index contributed by atoms with van der Waals surface area (Å²) in [5.74, 6) is 1.14. The van der Waals surface area contributed by atoms with Gasteiger partial charge in [0.25, 0.3) is 0 Å². The summed E-state index contributed by atoms with van der Waals surface area (Å²) in [6.07, 6.45) is 5.96. The summed E-state index contributed by atoms with van der Waals surface area (Å²) < 4.78 is 0. The number of rotatable bonds is 6. The fraction of sp³-hybridized carbons (Fsp3) is 0.643. The zero-order valence-electron chi connectivity index (χ0n) is 12.2. The van der Waals surface area contributed by atoms with Gasteiger partial charge in [0, 0.05) is 37.6 Å². The summed E-state index contributed by atoms with van der Waals surface area (Å²) >= 11 is 1.87. The number of nitrogens with zero attached hydrogens (tertiary/aromatic N) is 2. The maximum atomic E-state index is 4.24. The van der Waals surface area contributed by atoms with Gasteiger partial charge in [0.15, 0.2) is 0 Å². The SMILES string of the molecule is CSCCN(C)c1cnccc1CNC(C)(C)C. The highest BCUT2D eigenvalue weighted by Crippen LogP contribution is 2.18. The van der Waals surface area contributed by atoms with Crippen molar-refractivity contribution in [3.63, 3.8) is 0 Å². The Balaban J connectivity index is 2.72. The van der Waals surface area contributed by atoms with Crippen LogP contribution in [0.25, 0.3) is 0 Å². The van der Waals surface area contributed by atoms with E-state index in [9.17, 15) is 0 Å². The Morgan fingerprint density at radius 1 is 1.39 bits per heavy atom. The van der Waals surface area contributed by atoms with E-state index < -0.39 is 0 Å². The highest BCUT2D eigenvalue weighted by Gasteiger charge is 2.12. The molecule has 102 valence electrons. The van der Waals surface area contributed by atoms with Crippen LogP contribution in [0, 0.1) is 0 Å². The standard InChI is InChI=1S/C14H25N3S/c1-14(2,3)16-10-12-6-7-15-11-13(12)17(4)8-9-18-5/h6-7,11,16H,8-10H2,1-5H3. The molecule has 0 spiro atoms. The predicted molar refractivity (Wildman–Crippen MR) is 82.5 cm³/mol. The molecule has 0 aliphatic heterocycles. The molecule has 1 heterocycles. The van der Waals surface area contributed by atoms with E-state index in [1.807, 2.05) is 24.2 Å². The van der Waals surface area contributed by atoms with E-state index >= 15 is 0 Å². The summed E-state index contributed by atoms with van der Waals surface area (Å²) in [5, 5.41) is 3.53. The molecule has 1 aromatic heterocycles. The number of anilines is 1. The lowest BCUT2D eigenvalue weighted by atomic mass is 10.1. The van der Waals surface area contributed by atoms with Crippen LogP contribution in [0.5, 0.6) is 0 Å². The van der Waals surface area contributed by atoms with Gasteiger partial charge in [-0.15, -0.1) is 0 Å². The average molecular weight is 267 g/mol. The van der Waals surface area contributed by atoms with Gasteiger partial charge >= 0.3 is 0 Å². The second-order valence-electron chi connectivity index (χ2n) is 5.52. The lowest BCUT2D eigenvalue weighted by Gasteiger charge is -2.25. The Labute approximate surface area is 115 Å². The third-order valence-corrected chi connectivity index (χ3v) is 3.33. The van der Waals surface area contributed by atoms with Gasteiger partial charge in [-0.1, -0.05) is 0 Å². The molecule has 18 heavy (non-hydrogen) atoms. The Morgan fingerprint density at radius 2 is 2.11 bits per heavy atom. The molecule has 0 saturated heterocycles. The van der Waals surface area contributed by atoms with Crippen LogP contribution >= 0.6 is 11.8 Å². The van der Waals surface area contributed by atoms with E-state index in [0.717, 1.165) is 18.8 Å². The highest BCUT2D eigenvalue weighted by atomic mass is 32.2. The molecule has 0 unspecified atom stereocenters. The maximum absolute atomic E-state index is 4.24. The molecule has 3 nitrogen and oxygen atoms in total. The smallest absolute Gasteiger partial charge is 0.0596 e. The number of nitrogens with one attached hydrogen (secondary N) is 1. The van der Waals surface area contributed by atoms with E-state index in [4.69, 9.17) is 0 Å². The third kappa shape index (κ3) is 5.27. The van der Waals surface area contributed by atoms with Crippen LogP contribution in [-0.2, 0) is 6.54 Å². The van der Waals surface area contributed by atoms with Crippen molar-refractivity contribution in [1.29, 1.82) is 0 Å². The zero-order chi connectivity index (χ0) is 13.6. The zero-order valence-corrected chi connectivity index (χ0v) is 13.0. The van der Waals surface area contributed by atoms with Crippen LogP contribution in [0.3, 0.4) is 0 Å². The minimum atomic E-state index is 0.137. The number of hydrogen-bond acceptors (Lipinski definition) is 4. The second kappa shape index (κ2) is 7.00. The molecular formula is C14H25N3S. The van der Waals surface area contributed by atoms with Crippen LogP contribution < -0.4 is 10.2 Å². The van der Waals surface area contributed by atoms with Crippen LogP contribution in [-0.4, -0.2) is 36.1 Å². The van der Waals surface area contributed by atoms with Crippen molar-refractivity contribution in [2.24, 2.45) is 0 Å². The first-order valence-corrected chi connectivity index (χ1v) is 7.71. The summed E-state index contributed by atoms with van der Waals surface area (Å²) in [5.41, 5.74) is 2.67. The molecular weight excluding hydrogens is 242 g/mol. The number of thioether (sulfide) groups is 1. The normalized spacial score (nSPS) is 11.6. The van der Waals surface area contributed by atoms with Crippen LogP contribution in [0.1, 0.15) is 26.3 Å². The van der Waals surface area contributed by atoms with E-state index in [1.165, 1.54) is 11.3 Å². The lowest BCUT2D eigenvalue weighted by Crippen LogP contribution is -2.35. The molecule has 1 N–H and O–H groups in total. The maximum Gasteiger partial charge on any atom is 0.0596 e. The molecule has 0 aromatic carbocycles. The second-order valence-corrected chi connectivity index (χ2v) is 6.51. The summed E-state index contributed by atoms with van der Waals surface area (Å²) in [6, 6.07) is 2.10. The van der Waals surface area contributed by atoms with E-state index in [2.05, 4.69) is 55.3 Å². The summed E-state index contributed by atoms with van der Waals surface area (Å²) in [7, 11) is 2.13. The number of aromatic nitrogens is 1. The number of pyridine rings is 1. The fourth-order valence-electron chi connectivity index (χ4n) is 1.62. The van der Waals surface area contributed by atoms with Gasteiger partial charge in [0.2, 0.25) is 0 Å². The van der Waals surface area contributed by atoms with Crippen molar-refractivity contribution in [3.05, 3.63) is 24.0 Å². The fourth-order valence-corrected chi connectivity index (χ4v) is 2.07. The van der Waals surface area contributed by atoms with Gasteiger partial charge in [-0.25, -0.2) is 0 Å². The Hall–Kier alpha value is -0.740. The van der Waals surface area contributed by atoms with Crippen molar-refractivity contribution in [2.75, 3.05) is 30.5 Å². The minimum Gasteiger partial charge on any atom is -0.372 e. The van der Waals surface area contributed by atoms with Crippen LogP contribution in [0.15, 0.2) is 18.5 Å². The van der Waals surface area contributed by atoms with E-state index in [1.54, 1.807) is 0 Å². The van der Waals surface area contributed by atoms with Gasteiger partial charge in [-0.05, 0) is 38.7 Å². The molecule has 0 bridgehead atoms. The van der Waals surface area contributed by atoms with E-state index in [-0.39, 0.29) is 5.54 Å². The van der Waals surface area contributed by atoms with E-state index in [0.29, 0.717) is 0 Å². The average Bonchev–Trinajstić information content (AvgIpc) is 2.33. The molecule has 0 aliphatic rings. The third-order valence-electron chi connectivity index (χ3n) is 2.74. The first kappa shape index (κ1) is 15.3. The Bertz CT molecular complexity index is 360. The monoisotopic (exact) mass is 267 g/mol. The van der Waals surface area contributed by atoms with Crippen molar-refractivity contribution in [1.82, 2.24) is 10.3 Å². The quantitative estimate of drug-likeness (QED) is 0.858. The molecule has 0 atom stereocenters. The lowest BCUT2D eigenvalue weighted by molar-refractivity contribution is 0.424. The van der Waals surface area contributed by atoms with Gasteiger partial charge in [-0.2, -0.15) is 11.8 Å². The van der Waals surface area contributed by atoms with Crippen molar-refractivity contribution >= 4 is 17.4 Å². The molecule has 4 heteroatoms. The first-order valence-electron chi connectivity index (χ1n) is 6.32. The van der Waals surface area contributed by atoms with Crippen molar-refractivity contribution in [2.45, 2.75) is 32.9 Å². The molecule has 0 aliphatic carbocycles. The molecule has 0 fully saturated rings. The topological polar surface area (TPSA) is 28.2 Å². The molecule has 0 amide bonds. The van der Waals surface area contributed by atoms with Crippen LogP contribution in [0.2, 0.25) is 0 Å². The van der Waals surface area contributed by atoms with Gasteiger partial charge in [-0.3, -0.25) is 4.98 Å². The molecule has 1 rings (SSSR count). The Morgan fingerprint density at radius 3 is 2.72 bits per heavy atom. The minimum absolute atomic E-state index is 0.137. The largest absolute Gasteiger partial charge is 0.372 e. The van der Waals surface area contributed by atoms with Gasteiger partial charge < -0.3 is 10.2 Å². The van der Waals surface area contributed by atoms with Gasteiger partial charge in [0.05, 0.1) is 11.9 Å². The molecule has 1 aromatic rings. The van der Waals surface area contributed by atoms with Crippen molar-refractivity contribution in [3.8, 4) is 0 Å².